The molecule has 42 heavy (non-hydrogen) atoms. The normalized spacial score (nSPS) is 13.7. The highest BCUT2D eigenvalue weighted by Crippen LogP contribution is 2.35. The van der Waals surface area contributed by atoms with Crippen LogP contribution in [0.2, 0.25) is 10.0 Å². The Morgan fingerprint density at radius 3 is 2.69 bits per heavy atom. The van der Waals surface area contributed by atoms with Gasteiger partial charge in [0.05, 0.1) is 15.6 Å². The summed E-state index contributed by atoms with van der Waals surface area (Å²) in [7, 11) is 0. The first-order chi connectivity index (χ1) is 20.2. The van der Waals surface area contributed by atoms with Gasteiger partial charge >= 0.3 is 5.97 Å². The molecule has 0 unspecified atom stereocenters. The first kappa shape index (κ1) is 30.7. The average Bonchev–Trinajstić information content (AvgIpc) is 3.41. The van der Waals surface area contributed by atoms with Gasteiger partial charge in [-0.3, -0.25) is 9.59 Å². The highest BCUT2D eigenvalue weighted by atomic mass is 35.5. The van der Waals surface area contributed by atoms with Gasteiger partial charge in [0.2, 0.25) is 12.2 Å². The molecule has 13 heteroatoms. The summed E-state index contributed by atoms with van der Waals surface area (Å²) in [5.41, 5.74) is 1.90. The average molecular weight is 614 g/mol. The molecular weight excluding hydrogens is 583 g/mol. The molecule has 4 rings (SSSR count). The van der Waals surface area contributed by atoms with Gasteiger partial charge in [-0.15, -0.1) is 4.99 Å². The minimum atomic E-state index is -1.38. The van der Waals surface area contributed by atoms with Crippen LogP contribution in [0.3, 0.4) is 0 Å². The highest BCUT2D eigenvalue weighted by Gasteiger charge is 2.30. The number of carboxylic acids is 1. The minimum Gasteiger partial charge on any atom is -0.480 e. The van der Waals surface area contributed by atoms with E-state index in [4.69, 9.17) is 32.9 Å². The predicted octanol–water partition coefficient (Wildman–Crippen LogP) is 4.33. The first-order valence-corrected chi connectivity index (χ1v) is 14.2. The molecule has 0 bridgehead atoms. The van der Waals surface area contributed by atoms with Crippen molar-refractivity contribution in [3.63, 3.8) is 0 Å². The minimum absolute atomic E-state index is 0.0238. The van der Waals surface area contributed by atoms with Crippen LogP contribution in [0.5, 0.6) is 0 Å². The van der Waals surface area contributed by atoms with Gasteiger partial charge in [-0.2, -0.15) is 5.26 Å². The number of amides is 2. The summed E-state index contributed by atoms with van der Waals surface area (Å²) >= 11 is 13.1. The van der Waals surface area contributed by atoms with Crippen molar-refractivity contribution < 1.29 is 23.9 Å². The van der Waals surface area contributed by atoms with E-state index in [1.807, 2.05) is 18.2 Å². The first-order valence-electron chi connectivity index (χ1n) is 13.5. The zero-order valence-corrected chi connectivity index (χ0v) is 24.4. The van der Waals surface area contributed by atoms with E-state index in [1.165, 1.54) is 0 Å². The van der Waals surface area contributed by atoms with Crippen LogP contribution in [0.1, 0.15) is 58.2 Å². The number of hydrogen-bond acceptors (Lipinski definition) is 6. The molecule has 1 atom stereocenters. The second kappa shape index (κ2) is 14.1. The Balaban J connectivity index is 1.45. The molecule has 0 radical (unpaired) electrons. The number of carboxylic acid groups (broad SMARTS) is 1. The van der Waals surface area contributed by atoms with Crippen molar-refractivity contribution in [2.24, 2.45) is 4.99 Å². The zero-order valence-electron chi connectivity index (χ0n) is 22.9. The topological polar surface area (TPSA) is 160 Å². The number of halogens is 2. The Morgan fingerprint density at radius 2 is 1.98 bits per heavy atom. The number of benzene rings is 2. The van der Waals surface area contributed by atoms with Crippen LogP contribution in [0, 0.1) is 11.5 Å². The van der Waals surface area contributed by atoms with E-state index >= 15 is 0 Å². The zero-order chi connectivity index (χ0) is 30.2. The van der Waals surface area contributed by atoms with Crippen LogP contribution in [-0.4, -0.2) is 59.4 Å². The van der Waals surface area contributed by atoms with Crippen LogP contribution in [0.25, 0.3) is 11.0 Å². The Kier molecular flexibility index (Phi) is 10.3. The lowest BCUT2D eigenvalue weighted by Gasteiger charge is -2.30. The second-order valence-corrected chi connectivity index (χ2v) is 10.5. The summed E-state index contributed by atoms with van der Waals surface area (Å²) in [6.07, 6.45) is 4.87. The molecule has 11 nitrogen and oxygen atoms in total. The van der Waals surface area contributed by atoms with Crippen molar-refractivity contribution in [2.75, 3.05) is 19.6 Å². The number of nitrogens with one attached hydrogen (secondary N) is 3. The number of para-hydroxylation sites is 1. The van der Waals surface area contributed by atoms with Crippen LogP contribution in [0.15, 0.2) is 45.8 Å². The summed E-state index contributed by atoms with van der Waals surface area (Å²) in [5, 5.41) is 27.8. The van der Waals surface area contributed by atoms with Crippen molar-refractivity contribution in [2.45, 2.75) is 45.2 Å². The Labute approximate surface area is 252 Å². The maximum atomic E-state index is 13.2. The number of furan rings is 1. The monoisotopic (exact) mass is 612 g/mol. The maximum Gasteiger partial charge on any atom is 0.328 e. The number of fused-ring (bicyclic) bond motifs is 2. The molecule has 0 fully saturated rings. The number of rotatable bonds is 10. The van der Waals surface area contributed by atoms with E-state index in [1.54, 1.807) is 29.3 Å². The van der Waals surface area contributed by atoms with Crippen molar-refractivity contribution in [3.05, 3.63) is 68.9 Å². The quantitative estimate of drug-likeness (QED) is 0.114. The number of carbonyl (C=O) groups is 3. The molecule has 0 saturated heterocycles. The van der Waals surface area contributed by atoms with Crippen molar-refractivity contribution >= 4 is 57.9 Å². The molecule has 2 heterocycles. The summed E-state index contributed by atoms with van der Waals surface area (Å²) in [6.45, 7) is 2.90. The highest BCUT2D eigenvalue weighted by molar-refractivity contribution is 6.40. The van der Waals surface area contributed by atoms with Crippen LogP contribution in [-0.2, 0) is 17.8 Å². The van der Waals surface area contributed by atoms with Crippen molar-refractivity contribution in [1.82, 2.24) is 20.9 Å². The molecule has 2 aromatic carbocycles. The third-order valence-corrected chi connectivity index (χ3v) is 7.58. The number of aliphatic imine (C=N–C) groups is 1. The fourth-order valence-corrected chi connectivity index (χ4v) is 5.44. The molecule has 1 aromatic heterocycles. The number of hydrogen-bond donors (Lipinski definition) is 4. The van der Waals surface area contributed by atoms with Gasteiger partial charge in [-0.1, -0.05) is 61.2 Å². The molecule has 0 aliphatic carbocycles. The van der Waals surface area contributed by atoms with Crippen molar-refractivity contribution in [3.8, 4) is 6.19 Å². The Bertz CT molecular complexity index is 1530. The fraction of sp³-hybridized carbons (Fsp3) is 0.345. The van der Waals surface area contributed by atoms with Gasteiger partial charge in [0.15, 0.2) is 5.76 Å². The summed E-state index contributed by atoms with van der Waals surface area (Å²) < 4.78 is 5.73. The lowest BCUT2D eigenvalue weighted by atomic mass is 9.96. The molecule has 2 amide bonds. The van der Waals surface area contributed by atoms with Crippen LogP contribution in [0.4, 0.5) is 0 Å². The van der Waals surface area contributed by atoms with Crippen molar-refractivity contribution in [1.29, 1.82) is 5.26 Å². The number of nitrogens with zero attached hydrogens (tertiary/aromatic N) is 3. The van der Waals surface area contributed by atoms with Gasteiger partial charge in [0.1, 0.15) is 11.6 Å². The van der Waals surface area contributed by atoms with E-state index in [2.05, 4.69) is 27.9 Å². The maximum absolute atomic E-state index is 13.2. The molecule has 4 N–H and O–H groups in total. The van der Waals surface area contributed by atoms with Gasteiger partial charge in [-0.25, -0.2) is 4.79 Å². The predicted molar refractivity (Wildman–Crippen MR) is 159 cm³/mol. The molecule has 0 saturated carbocycles. The van der Waals surface area contributed by atoms with E-state index in [0.717, 1.165) is 24.6 Å². The van der Waals surface area contributed by atoms with Crippen LogP contribution >= 0.6 is 23.2 Å². The Hall–Kier alpha value is -4.27. The fourth-order valence-electron chi connectivity index (χ4n) is 4.68. The number of aliphatic carboxylic acids is 1. The van der Waals surface area contributed by atoms with E-state index in [0.29, 0.717) is 36.2 Å². The Morgan fingerprint density at radius 1 is 1.19 bits per heavy atom. The van der Waals surface area contributed by atoms with E-state index < -0.39 is 17.9 Å². The lowest BCUT2D eigenvalue weighted by molar-refractivity contribution is -0.139. The summed E-state index contributed by atoms with van der Waals surface area (Å²) in [4.78, 5) is 43.5. The molecule has 1 aliphatic rings. The second-order valence-electron chi connectivity index (χ2n) is 9.75. The largest absolute Gasteiger partial charge is 0.480 e. The lowest BCUT2D eigenvalue weighted by Crippen LogP contribution is -2.50. The number of guanidine groups is 1. The SMILES string of the molecule is CCCCCN/C(=N\C#N)NC[C@H](NC(=O)c1c(Cl)cc2c(c1Cl)CCN(C(=O)c1cc3ccccc3o1)C2)C(=O)O. The number of carbonyl (C=O) groups excluding carboxylic acids is 2. The molecule has 3 aromatic rings. The van der Waals surface area contributed by atoms with Gasteiger partial charge in [0.25, 0.3) is 11.8 Å². The summed E-state index contributed by atoms with van der Waals surface area (Å²) in [5.74, 6) is -2.01. The van der Waals surface area contributed by atoms with Gasteiger partial charge < -0.3 is 30.4 Å². The number of nitriles is 1. The molecule has 1 aliphatic heterocycles. The number of unbranched alkanes of at least 4 members (excludes halogenated alkanes) is 2. The van der Waals surface area contributed by atoms with Crippen LogP contribution < -0.4 is 16.0 Å². The molecule has 220 valence electrons. The third kappa shape index (κ3) is 7.13. The van der Waals surface area contributed by atoms with Gasteiger partial charge in [0, 0.05) is 31.6 Å². The molecule has 0 spiro atoms. The third-order valence-electron chi connectivity index (χ3n) is 6.87. The molecular formula is C29H30Cl2N6O5. The summed E-state index contributed by atoms with van der Waals surface area (Å²) in [6, 6.07) is 9.24. The smallest absolute Gasteiger partial charge is 0.328 e. The van der Waals surface area contributed by atoms with E-state index in [9.17, 15) is 19.5 Å². The van der Waals surface area contributed by atoms with Gasteiger partial charge in [-0.05, 0) is 42.2 Å². The standard InChI is InChI=1S/C29H30Cl2N6O5/c1-2-3-6-10-33-29(35-16-32)34-14-21(28(40)41)36-26(38)24-20(30)12-18-15-37(11-9-19(18)25(24)31)27(39)23-13-17-7-4-5-8-22(17)42-23/h4-5,7-8,12-13,21H,2-3,6,9-11,14-15H2,1H3,(H,36,38)(H,40,41)(H2,33,34,35)/t21-/m0/s1. The van der Waals surface area contributed by atoms with E-state index in [-0.39, 0.29) is 46.3 Å².